The van der Waals surface area contributed by atoms with E-state index in [0.29, 0.717) is 5.15 Å². The highest BCUT2D eigenvalue weighted by Gasteiger charge is 2.20. The number of anilines is 1. The Labute approximate surface area is 128 Å². The minimum atomic E-state index is -0.0945. The Morgan fingerprint density at radius 3 is 2.30 bits per heavy atom. The maximum absolute atomic E-state index is 6.16. The van der Waals surface area contributed by atoms with Gasteiger partial charge in [0.1, 0.15) is 16.8 Å². The van der Waals surface area contributed by atoms with E-state index < -0.39 is 0 Å². The summed E-state index contributed by atoms with van der Waals surface area (Å²) in [7, 11) is 4.19. The molecule has 0 amide bonds. The first-order valence-corrected chi connectivity index (χ1v) is 7.56. The molecule has 0 radical (unpaired) electrons. The van der Waals surface area contributed by atoms with Crippen LogP contribution >= 0.6 is 11.6 Å². The van der Waals surface area contributed by atoms with Gasteiger partial charge < -0.3 is 9.80 Å². The summed E-state index contributed by atoms with van der Waals surface area (Å²) in [5, 5.41) is 0.519. The Hall–Kier alpha value is -0.870. The van der Waals surface area contributed by atoms with E-state index in [9.17, 15) is 0 Å². The Morgan fingerprint density at radius 1 is 1.15 bits per heavy atom. The van der Waals surface area contributed by atoms with Crippen LogP contribution in [0.15, 0.2) is 6.07 Å². The molecule has 1 heterocycles. The second-order valence-electron chi connectivity index (χ2n) is 6.36. The first-order valence-electron chi connectivity index (χ1n) is 7.18. The molecular weight excluding hydrogens is 272 g/mol. The van der Waals surface area contributed by atoms with Gasteiger partial charge in [-0.2, -0.15) is 0 Å². The molecule has 0 saturated heterocycles. The van der Waals surface area contributed by atoms with Crippen LogP contribution in [0.25, 0.3) is 0 Å². The molecule has 1 aromatic heterocycles. The third kappa shape index (κ3) is 5.25. The highest BCUT2D eigenvalue weighted by Crippen LogP contribution is 2.24. The van der Waals surface area contributed by atoms with Crippen LogP contribution in [0.2, 0.25) is 5.15 Å². The minimum absolute atomic E-state index is 0.0945. The van der Waals surface area contributed by atoms with Crippen molar-refractivity contribution in [2.24, 2.45) is 0 Å². The van der Waals surface area contributed by atoms with E-state index in [4.69, 9.17) is 16.6 Å². The molecule has 0 spiro atoms. The van der Waals surface area contributed by atoms with Gasteiger partial charge in [0.05, 0.1) is 0 Å². The van der Waals surface area contributed by atoms with E-state index in [0.717, 1.165) is 37.7 Å². The zero-order chi connectivity index (χ0) is 15.3. The molecule has 4 nitrogen and oxygen atoms in total. The largest absolute Gasteiger partial charge is 0.357 e. The summed E-state index contributed by atoms with van der Waals surface area (Å²) < 4.78 is 0. The number of aromatic nitrogens is 2. The van der Waals surface area contributed by atoms with Crippen LogP contribution in [-0.4, -0.2) is 48.6 Å². The van der Waals surface area contributed by atoms with Crippen LogP contribution in [0.3, 0.4) is 0 Å². The monoisotopic (exact) mass is 298 g/mol. The van der Waals surface area contributed by atoms with Gasteiger partial charge >= 0.3 is 0 Å². The molecule has 0 fully saturated rings. The van der Waals surface area contributed by atoms with E-state index in [1.54, 1.807) is 0 Å². The molecule has 20 heavy (non-hydrogen) atoms. The fraction of sp³-hybridized carbons (Fsp3) is 0.733. The van der Waals surface area contributed by atoms with Gasteiger partial charge in [-0.15, -0.1) is 0 Å². The van der Waals surface area contributed by atoms with E-state index in [1.807, 2.05) is 6.07 Å². The number of nitrogens with zero attached hydrogens (tertiary/aromatic N) is 4. The molecular formula is C15H27ClN4. The van der Waals surface area contributed by atoms with Crippen molar-refractivity contribution in [3.63, 3.8) is 0 Å². The normalized spacial score (nSPS) is 12.0. The molecule has 0 aliphatic rings. The van der Waals surface area contributed by atoms with Crippen LogP contribution in [0.1, 0.15) is 39.9 Å². The highest BCUT2D eigenvalue weighted by molar-refractivity contribution is 6.29. The van der Waals surface area contributed by atoms with Gasteiger partial charge in [0.15, 0.2) is 0 Å². The van der Waals surface area contributed by atoms with Crippen LogP contribution in [-0.2, 0) is 5.41 Å². The predicted molar refractivity (Wildman–Crippen MR) is 86.8 cm³/mol. The lowest BCUT2D eigenvalue weighted by Crippen LogP contribution is -2.29. The number of halogens is 1. The molecule has 0 unspecified atom stereocenters. The Balaban J connectivity index is 2.89. The lowest BCUT2D eigenvalue weighted by molar-refractivity contribution is 0.400. The Morgan fingerprint density at radius 2 is 1.80 bits per heavy atom. The van der Waals surface area contributed by atoms with Crippen molar-refractivity contribution in [1.82, 2.24) is 14.9 Å². The number of hydrogen-bond donors (Lipinski definition) is 0. The van der Waals surface area contributed by atoms with E-state index in [1.165, 1.54) is 0 Å². The lowest BCUT2D eigenvalue weighted by Gasteiger charge is -2.25. The average molecular weight is 299 g/mol. The zero-order valence-corrected chi connectivity index (χ0v) is 14.3. The summed E-state index contributed by atoms with van der Waals surface area (Å²) in [4.78, 5) is 13.5. The SMILES string of the molecule is CCN(CCCN(C)C)c1cc(Cl)nc(C(C)(C)C)n1. The molecule has 0 saturated carbocycles. The van der Waals surface area contributed by atoms with Crippen molar-refractivity contribution in [3.8, 4) is 0 Å². The summed E-state index contributed by atoms with van der Waals surface area (Å²) in [6.45, 7) is 11.4. The fourth-order valence-corrected chi connectivity index (χ4v) is 2.09. The van der Waals surface area contributed by atoms with Crippen molar-refractivity contribution < 1.29 is 0 Å². The van der Waals surface area contributed by atoms with Gasteiger partial charge in [0.25, 0.3) is 0 Å². The smallest absolute Gasteiger partial charge is 0.137 e. The number of rotatable bonds is 6. The number of hydrogen-bond acceptors (Lipinski definition) is 4. The molecule has 0 bridgehead atoms. The molecule has 0 atom stereocenters. The average Bonchev–Trinajstić information content (AvgIpc) is 2.32. The summed E-state index contributed by atoms with van der Waals surface area (Å²) >= 11 is 6.16. The van der Waals surface area contributed by atoms with Gasteiger partial charge in [-0.05, 0) is 34.0 Å². The third-order valence-electron chi connectivity index (χ3n) is 3.09. The summed E-state index contributed by atoms with van der Waals surface area (Å²) in [6.07, 6.45) is 1.10. The van der Waals surface area contributed by atoms with Crippen molar-refractivity contribution in [2.75, 3.05) is 38.6 Å². The van der Waals surface area contributed by atoms with E-state index >= 15 is 0 Å². The fourth-order valence-electron chi connectivity index (χ4n) is 1.92. The van der Waals surface area contributed by atoms with Gasteiger partial charge in [-0.1, -0.05) is 32.4 Å². The molecule has 1 rings (SSSR count). The molecule has 5 heteroatoms. The van der Waals surface area contributed by atoms with Gasteiger partial charge in [-0.3, -0.25) is 0 Å². The molecule has 114 valence electrons. The second-order valence-corrected chi connectivity index (χ2v) is 6.75. The first-order chi connectivity index (χ1) is 9.24. The van der Waals surface area contributed by atoms with Crippen LogP contribution in [0, 0.1) is 0 Å². The van der Waals surface area contributed by atoms with Gasteiger partial charge in [-0.25, -0.2) is 9.97 Å². The second kappa shape index (κ2) is 7.23. The standard InChI is InChI=1S/C15H27ClN4/c1-7-20(10-8-9-19(5)6)13-11-12(16)17-14(18-13)15(2,3)4/h11H,7-10H2,1-6H3. The van der Waals surface area contributed by atoms with Gasteiger partial charge in [0, 0.05) is 24.6 Å². The highest BCUT2D eigenvalue weighted by atomic mass is 35.5. The van der Waals surface area contributed by atoms with Crippen molar-refractivity contribution in [3.05, 3.63) is 17.0 Å². The molecule has 1 aromatic rings. The first kappa shape index (κ1) is 17.2. The summed E-state index contributed by atoms with van der Waals surface area (Å²) in [5.74, 6) is 1.72. The van der Waals surface area contributed by atoms with Crippen molar-refractivity contribution in [1.29, 1.82) is 0 Å². The van der Waals surface area contributed by atoms with E-state index in [2.05, 4.69) is 56.6 Å². The molecule has 0 aliphatic heterocycles. The molecule has 0 aromatic carbocycles. The predicted octanol–water partition coefficient (Wildman–Crippen LogP) is 3.21. The summed E-state index contributed by atoms with van der Waals surface area (Å²) in [5.41, 5.74) is -0.0945. The quantitative estimate of drug-likeness (QED) is 0.755. The maximum atomic E-state index is 6.16. The Kier molecular flexibility index (Phi) is 6.21. The van der Waals surface area contributed by atoms with Crippen molar-refractivity contribution >= 4 is 17.4 Å². The van der Waals surface area contributed by atoms with Crippen LogP contribution in [0.4, 0.5) is 5.82 Å². The zero-order valence-electron chi connectivity index (χ0n) is 13.6. The summed E-state index contributed by atoms with van der Waals surface area (Å²) in [6, 6.07) is 1.86. The minimum Gasteiger partial charge on any atom is -0.357 e. The van der Waals surface area contributed by atoms with E-state index in [-0.39, 0.29) is 5.41 Å². The third-order valence-corrected chi connectivity index (χ3v) is 3.28. The van der Waals surface area contributed by atoms with Gasteiger partial charge in [0.2, 0.25) is 0 Å². The molecule has 0 aliphatic carbocycles. The Bertz CT molecular complexity index is 426. The van der Waals surface area contributed by atoms with Crippen LogP contribution < -0.4 is 4.90 Å². The maximum Gasteiger partial charge on any atom is 0.137 e. The van der Waals surface area contributed by atoms with Crippen molar-refractivity contribution in [2.45, 2.75) is 39.5 Å². The van der Waals surface area contributed by atoms with Crippen LogP contribution in [0.5, 0.6) is 0 Å². The lowest BCUT2D eigenvalue weighted by atomic mass is 9.96. The molecule has 0 N–H and O–H groups in total. The topological polar surface area (TPSA) is 32.3 Å².